The third kappa shape index (κ3) is 2.30. The van der Waals surface area contributed by atoms with Crippen molar-refractivity contribution < 1.29 is 8.94 Å². The van der Waals surface area contributed by atoms with Gasteiger partial charge in [-0.25, -0.2) is 0 Å². The normalized spacial score (nSPS) is 18.8. The van der Waals surface area contributed by atoms with Crippen molar-refractivity contribution in [2.24, 2.45) is 0 Å². The molecule has 0 aromatic carbocycles. The quantitative estimate of drug-likeness (QED) is 0.741. The molecular formula is C15H15N3O2S. The Balaban J connectivity index is 1.52. The highest BCUT2D eigenvalue weighted by Crippen LogP contribution is 2.33. The fraction of sp³-hybridized carbons (Fsp3) is 0.333. The monoisotopic (exact) mass is 301 g/mol. The summed E-state index contributed by atoms with van der Waals surface area (Å²) < 4.78 is 10.6. The lowest BCUT2D eigenvalue weighted by Crippen LogP contribution is -2.32. The fourth-order valence-electron chi connectivity index (χ4n) is 2.78. The standard InChI is InChI=1S/C15H15N3O2S/c1-10-11-5-8-21-13(11)4-6-18(10)9-14-16-15(17-20-14)12-3-2-7-19-12/h2-3,5,7-8,10H,4,6,9H2,1H3/t10-/m1/s1. The highest BCUT2D eigenvalue weighted by molar-refractivity contribution is 7.10. The van der Waals surface area contributed by atoms with Crippen LogP contribution in [0.1, 0.15) is 29.3 Å². The van der Waals surface area contributed by atoms with Crippen molar-refractivity contribution in [3.05, 3.63) is 46.2 Å². The summed E-state index contributed by atoms with van der Waals surface area (Å²) in [5.74, 6) is 1.78. The zero-order valence-corrected chi connectivity index (χ0v) is 12.5. The molecule has 0 aliphatic carbocycles. The van der Waals surface area contributed by atoms with Crippen LogP contribution in [0.15, 0.2) is 38.8 Å². The van der Waals surface area contributed by atoms with E-state index < -0.39 is 0 Å². The number of hydrogen-bond acceptors (Lipinski definition) is 6. The van der Waals surface area contributed by atoms with Gasteiger partial charge in [-0.2, -0.15) is 4.98 Å². The van der Waals surface area contributed by atoms with E-state index in [0.717, 1.165) is 13.0 Å². The van der Waals surface area contributed by atoms with Crippen LogP contribution in [0.3, 0.4) is 0 Å². The van der Waals surface area contributed by atoms with Crippen molar-refractivity contribution in [1.29, 1.82) is 0 Å². The Morgan fingerprint density at radius 3 is 3.24 bits per heavy atom. The smallest absolute Gasteiger partial charge is 0.241 e. The van der Waals surface area contributed by atoms with Crippen molar-refractivity contribution in [2.45, 2.75) is 25.9 Å². The number of thiophene rings is 1. The van der Waals surface area contributed by atoms with Crippen molar-refractivity contribution in [2.75, 3.05) is 6.54 Å². The van der Waals surface area contributed by atoms with Crippen LogP contribution in [-0.4, -0.2) is 21.6 Å². The van der Waals surface area contributed by atoms with Crippen LogP contribution < -0.4 is 0 Å². The first-order valence-electron chi connectivity index (χ1n) is 6.98. The highest BCUT2D eigenvalue weighted by Gasteiger charge is 2.26. The maximum atomic E-state index is 5.35. The number of hydrogen-bond donors (Lipinski definition) is 0. The summed E-state index contributed by atoms with van der Waals surface area (Å²) in [5, 5.41) is 6.15. The predicted octanol–water partition coefficient (Wildman–Crippen LogP) is 3.51. The Kier molecular flexibility index (Phi) is 3.12. The van der Waals surface area contributed by atoms with Gasteiger partial charge in [0.25, 0.3) is 0 Å². The van der Waals surface area contributed by atoms with Crippen LogP contribution in [-0.2, 0) is 13.0 Å². The second-order valence-electron chi connectivity index (χ2n) is 5.18. The van der Waals surface area contributed by atoms with E-state index in [0.29, 0.717) is 30.1 Å². The highest BCUT2D eigenvalue weighted by atomic mass is 32.1. The first kappa shape index (κ1) is 12.8. The van der Waals surface area contributed by atoms with Gasteiger partial charge in [0, 0.05) is 17.5 Å². The van der Waals surface area contributed by atoms with Gasteiger partial charge in [0.2, 0.25) is 11.7 Å². The Morgan fingerprint density at radius 2 is 2.38 bits per heavy atom. The van der Waals surface area contributed by atoms with Crippen LogP contribution >= 0.6 is 11.3 Å². The van der Waals surface area contributed by atoms with Gasteiger partial charge < -0.3 is 8.94 Å². The van der Waals surface area contributed by atoms with Crippen LogP contribution in [0.4, 0.5) is 0 Å². The fourth-order valence-corrected chi connectivity index (χ4v) is 3.74. The average molecular weight is 301 g/mol. The second-order valence-corrected chi connectivity index (χ2v) is 6.19. The topological polar surface area (TPSA) is 55.3 Å². The number of fused-ring (bicyclic) bond motifs is 1. The second kappa shape index (κ2) is 5.13. The minimum absolute atomic E-state index is 0.388. The Bertz CT molecular complexity index is 732. The number of aromatic nitrogens is 2. The predicted molar refractivity (Wildman–Crippen MR) is 78.8 cm³/mol. The molecule has 0 amide bonds. The molecule has 0 saturated carbocycles. The summed E-state index contributed by atoms with van der Waals surface area (Å²) in [6.45, 7) is 3.92. The minimum atomic E-state index is 0.388. The van der Waals surface area contributed by atoms with Gasteiger partial charge in [0.05, 0.1) is 12.8 Å². The summed E-state index contributed by atoms with van der Waals surface area (Å²) in [7, 11) is 0. The molecule has 3 aromatic heterocycles. The molecule has 0 saturated heterocycles. The van der Waals surface area contributed by atoms with Crippen molar-refractivity contribution in [3.8, 4) is 11.6 Å². The van der Waals surface area contributed by atoms with Crippen LogP contribution in [0.2, 0.25) is 0 Å². The first-order valence-corrected chi connectivity index (χ1v) is 7.86. The molecule has 0 fully saturated rings. The van der Waals surface area contributed by atoms with Gasteiger partial charge in [-0.15, -0.1) is 11.3 Å². The molecule has 3 aromatic rings. The van der Waals surface area contributed by atoms with Gasteiger partial charge >= 0.3 is 0 Å². The molecule has 0 N–H and O–H groups in total. The molecule has 21 heavy (non-hydrogen) atoms. The van der Waals surface area contributed by atoms with E-state index >= 15 is 0 Å². The Morgan fingerprint density at radius 1 is 1.43 bits per heavy atom. The molecule has 4 rings (SSSR count). The SMILES string of the molecule is C[C@@H]1c2ccsc2CCN1Cc1nc(-c2ccco2)no1. The molecule has 0 bridgehead atoms. The molecule has 0 spiro atoms. The van der Waals surface area contributed by atoms with E-state index in [1.54, 1.807) is 6.26 Å². The molecule has 1 aliphatic rings. The maximum Gasteiger partial charge on any atom is 0.241 e. The Hall–Kier alpha value is -1.92. The van der Waals surface area contributed by atoms with Gasteiger partial charge in [-0.3, -0.25) is 4.90 Å². The van der Waals surface area contributed by atoms with Crippen LogP contribution in [0.5, 0.6) is 0 Å². The zero-order chi connectivity index (χ0) is 14.2. The first-order chi connectivity index (χ1) is 10.3. The zero-order valence-electron chi connectivity index (χ0n) is 11.7. The largest absolute Gasteiger partial charge is 0.461 e. The van der Waals surface area contributed by atoms with Gasteiger partial charge in [-0.1, -0.05) is 5.16 Å². The van der Waals surface area contributed by atoms with Crippen molar-refractivity contribution >= 4 is 11.3 Å². The number of nitrogens with zero attached hydrogens (tertiary/aromatic N) is 3. The molecule has 1 atom stereocenters. The van der Waals surface area contributed by atoms with E-state index in [9.17, 15) is 0 Å². The lowest BCUT2D eigenvalue weighted by molar-refractivity contribution is 0.167. The van der Waals surface area contributed by atoms with Gasteiger partial charge in [-0.05, 0) is 42.5 Å². The molecule has 4 heterocycles. The van der Waals surface area contributed by atoms with Gasteiger partial charge in [0.15, 0.2) is 5.76 Å². The Labute approximate surface area is 126 Å². The molecule has 1 aliphatic heterocycles. The summed E-state index contributed by atoms with van der Waals surface area (Å²) in [6.07, 6.45) is 2.70. The summed E-state index contributed by atoms with van der Waals surface area (Å²) in [6, 6.07) is 6.25. The molecule has 108 valence electrons. The summed E-state index contributed by atoms with van der Waals surface area (Å²) >= 11 is 1.85. The van der Waals surface area contributed by atoms with E-state index in [2.05, 4.69) is 33.4 Å². The van der Waals surface area contributed by atoms with Crippen LogP contribution in [0.25, 0.3) is 11.6 Å². The molecular weight excluding hydrogens is 286 g/mol. The number of rotatable bonds is 3. The summed E-state index contributed by atoms with van der Waals surface area (Å²) in [4.78, 5) is 8.28. The maximum absolute atomic E-state index is 5.35. The molecule has 0 unspecified atom stereocenters. The van der Waals surface area contributed by atoms with E-state index in [1.807, 2.05) is 23.5 Å². The van der Waals surface area contributed by atoms with Crippen LogP contribution in [0, 0.1) is 0 Å². The van der Waals surface area contributed by atoms with E-state index in [4.69, 9.17) is 8.94 Å². The van der Waals surface area contributed by atoms with Crippen molar-refractivity contribution in [1.82, 2.24) is 15.0 Å². The average Bonchev–Trinajstić information content (AvgIpc) is 3.21. The number of furan rings is 1. The van der Waals surface area contributed by atoms with Gasteiger partial charge in [0.1, 0.15) is 0 Å². The van der Waals surface area contributed by atoms with E-state index in [1.165, 1.54) is 10.4 Å². The lowest BCUT2D eigenvalue weighted by Gasteiger charge is -2.32. The third-order valence-electron chi connectivity index (χ3n) is 3.95. The minimum Gasteiger partial charge on any atom is -0.461 e. The van der Waals surface area contributed by atoms with Crippen molar-refractivity contribution in [3.63, 3.8) is 0 Å². The molecule has 5 nitrogen and oxygen atoms in total. The molecule has 0 radical (unpaired) electrons. The lowest BCUT2D eigenvalue weighted by atomic mass is 10.0. The third-order valence-corrected chi connectivity index (χ3v) is 4.95. The van der Waals surface area contributed by atoms with E-state index in [-0.39, 0.29) is 0 Å². The summed E-state index contributed by atoms with van der Waals surface area (Å²) in [5.41, 5.74) is 1.43. The molecule has 6 heteroatoms.